The summed E-state index contributed by atoms with van der Waals surface area (Å²) in [5, 5.41) is 0.649. The lowest BCUT2D eigenvalue weighted by atomic mass is 10.0. The smallest absolute Gasteiger partial charge is 0.338 e. The second-order valence-electron chi connectivity index (χ2n) is 5.13. The first-order chi connectivity index (χ1) is 11.6. The highest BCUT2D eigenvalue weighted by molar-refractivity contribution is 9.10. The lowest BCUT2D eigenvalue weighted by Crippen LogP contribution is -2.03. The van der Waals surface area contributed by atoms with Crippen LogP contribution in [0, 0.1) is 0 Å². The van der Waals surface area contributed by atoms with Gasteiger partial charge >= 0.3 is 5.97 Å². The number of carbonyl (C=O) groups is 1. The summed E-state index contributed by atoms with van der Waals surface area (Å²) in [6, 6.07) is 18.5. The van der Waals surface area contributed by atoms with Gasteiger partial charge in [-0.3, -0.25) is 0 Å². The van der Waals surface area contributed by atoms with Crippen LogP contribution in [0.25, 0.3) is 22.5 Å². The van der Waals surface area contributed by atoms with E-state index < -0.39 is 5.97 Å². The zero-order chi connectivity index (χ0) is 17.1. The van der Waals surface area contributed by atoms with E-state index in [1.807, 2.05) is 36.4 Å². The van der Waals surface area contributed by atoms with Crippen molar-refractivity contribution in [3.8, 4) is 22.5 Å². The summed E-state index contributed by atoms with van der Waals surface area (Å²) in [5.41, 5.74) is 3.64. The number of carbonyl (C=O) groups excluding carboxylic acids is 1. The van der Waals surface area contributed by atoms with Gasteiger partial charge in [-0.05, 0) is 36.4 Å². The maximum Gasteiger partial charge on any atom is 0.338 e. The van der Waals surface area contributed by atoms with E-state index in [1.54, 1.807) is 24.3 Å². The quantitative estimate of drug-likeness (QED) is 0.534. The Hall–Kier alpha value is -2.17. The molecule has 1 heterocycles. The van der Waals surface area contributed by atoms with Crippen LogP contribution in [-0.4, -0.2) is 18.1 Å². The molecule has 24 heavy (non-hydrogen) atoms. The molecule has 0 saturated heterocycles. The van der Waals surface area contributed by atoms with E-state index >= 15 is 0 Å². The van der Waals surface area contributed by atoms with E-state index in [9.17, 15) is 4.79 Å². The molecule has 0 saturated carbocycles. The first kappa shape index (κ1) is 16.7. The summed E-state index contributed by atoms with van der Waals surface area (Å²) in [4.78, 5) is 16.7. The topological polar surface area (TPSA) is 39.2 Å². The van der Waals surface area contributed by atoms with E-state index in [4.69, 9.17) is 16.3 Å². The molecule has 2 aromatic carbocycles. The third kappa shape index (κ3) is 3.66. The Labute approximate surface area is 153 Å². The highest BCUT2D eigenvalue weighted by atomic mass is 79.9. The lowest BCUT2D eigenvalue weighted by Gasteiger charge is -2.09. The minimum absolute atomic E-state index is 0.397. The second-order valence-corrected chi connectivity index (χ2v) is 6.48. The van der Waals surface area contributed by atoms with Crippen LogP contribution < -0.4 is 0 Å². The molecule has 3 rings (SSSR count). The molecule has 0 aliphatic rings. The molecule has 0 radical (unpaired) electrons. The van der Waals surface area contributed by atoms with Crippen LogP contribution in [0.15, 0.2) is 65.1 Å². The SMILES string of the molecule is COC(=O)c1cc(-c2ccc(Cl)cc2)nc(-c2ccc(Br)cc2)c1. The molecule has 1 aromatic heterocycles. The van der Waals surface area contributed by atoms with Gasteiger partial charge in [-0.25, -0.2) is 9.78 Å². The number of hydrogen-bond acceptors (Lipinski definition) is 3. The van der Waals surface area contributed by atoms with Crippen molar-refractivity contribution in [1.82, 2.24) is 4.98 Å². The highest BCUT2D eigenvalue weighted by Gasteiger charge is 2.12. The number of nitrogens with zero attached hydrogens (tertiary/aromatic N) is 1. The maximum atomic E-state index is 12.0. The molecule has 5 heteroatoms. The summed E-state index contributed by atoms with van der Waals surface area (Å²) in [7, 11) is 1.37. The van der Waals surface area contributed by atoms with Crippen molar-refractivity contribution in [2.24, 2.45) is 0 Å². The van der Waals surface area contributed by atoms with Gasteiger partial charge in [0.1, 0.15) is 0 Å². The monoisotopic (exact) mass is 401 g/mol. The van der Waals surface area contributed by atoms with Crippen molar-refractivity contribution in [2.45, 2.75) is 0 Å². The number of esters is 1. The first-order valence-electron chi connectivity index (χ1n) is 7.19. The number of pyridine rings is 1. The molecule has 0 N–H and O–H groups in total. The summed E-state index contributed by atoms with van der Waals surface area (Å²) >= 11 is 9.36. The standard InChI is InChI=1S/C19H13BrClNO2/c1-24-19(23)14-10-17(12-2-6-15(20)7-3-12)22-18(11-14)13-4-8-16(21)9-5-13/h2-11H,1H3. The Kier molecular flexibility index (Phi) is 4.97. The van der Waals surface area contributed by atoms with Crippen LogP contribution in [0.3, 0.4) is 0 Å². The fourth-order valence-corrected chi connectivity index (χ4v) is 2.69. The molecule has 0 atom stereocenters. The second kappa shape index (κ2) is 7.16. The van der Waals surface area contributed by atoms with Crippen molar-refractivity contribution in [3.63, 3.8) is 0 Å². The Balaban J connectivity index is 2.14. The van der Waals surface area contributed by atoms with Gasteiger partial charge in [0.15, 0.2) is 0 Å². The van der Waals surface area contributed by atoms with Gasteiger partial charge in [-0.15, -0.1) is 0 Å². The molecule has 0 aliphatic carbocycles. The van der Waals surface area contributed by atoms with E-state index in [0.29, 0.717) is 22.0 Å². The summed E-state index contributed by atoms with van der Waals surface area (Å²) in [6.45, 7) is 0. The van der Waals surface area contributed by atoms with Gasteiger partial charge in [0.05, 0.1) is 24.1 Å². The van der Waals surface area contributed by atoms with Crippen LogP contribution in [0.5, 0.6) is 0 Å². The van der Waals surface area contributed by atoms with Gasteiger partial charge < -0.3 is 4.74 Å². The molecule has 0 aliphatic heterocycles. The summed E-state index contributed by atoms with van der Waals surface area (Å²) in [5.74, 6) is -0.397. The largest absolute Gasteiger partial charge is 0.465 e. The average Bonchev–Trinajstić information content (AvgIpc) is 2.62. The lowest BCUT2D eigenvalue weighted by molar-refractivity contribution is 0.0600. The maximum absolute atomic E-state index is 12.0. The van der Waals surface area contributed by atoms with Crippen LogP contribution >= 0.6 is 27.5 Å². The van der Waals surface area contributed by atoms with Gasteiger partial charge in [0.2, 0.25) is 0 Å². The number of hydrogen-bond donors (Lipinski definition) is 0. The van der Waals surface area contributed by atoms with Crippen LogP contribution in [-0.2, 0) is 4.74 Å². The van der Waals surface area contributed by atoms with Crippen LogP contribution in [0.1, 0.15) is 10.4 Å². The molecule has 0 unspecified atom stereocenters. The zero-order valence-corrected chi connectivity index (χ0v) is 15.1. The predicted octanol–water partition coefficient (Wildman–Crippen LogP) is 5.62. The van der Waals surface area contributed by atoms with Crippen molar-refractivity contribution in [2.75, 3.05) is 7.11 Å². The minimum atomic E-state index is -0.397. The molecule has 3 aromatic rings. The Morgan fingerprint density at radius 1 is 0.958 bits per heavy atom. The van der Waals surface area contributed by atoms with Gasteiger partial charge in [0, 0.05) is 20.6 Å². The van der Waals surface area contributed by atoms with E-state index in [2.05, 4.69) is 20.9 Å². The van der Waals surface area contributed by atoms with Crippen LogP contribution in [0.4, 0.5) is 0 Å². The van der Waals surface area contributed by atoms with Gasteiger partial charge in [-0.1, -0.05) is 51.8 Å². The van der Waals surface area contributed by atoms with Crippen molar-refractivity contribution < 1.29 is 9.53 Å². The normalized spacial score (nSPS) is 10.5. The van der Waals surface area contributed by atoms with E-state index in [0.717, 1.165) is 15.6 Å². The molecule has 0 bridgehead atoms. The van der Waals surface area contributed by atoms with E-state index in [-0.39, 0.29) is 0 Å². The molecule has 0 amide bonds. The highest BCUT2D eigenvalue weighted by Crippen LogP contribution is 2.27. The number of halogens is 2. The Morgan fingerprint density at radius 2 is 1.46 bits per heavy atom. The molecule has 3 nitrogen and oxygen atoms in total. The van der Waals surface area contributed by atoms with Crippen LogP contribution in [0.2, 0.25) is 5.02 Å². The summed E-state index contributed by atoms with van der Waals surface area (Å²) in [6.07, 6.45) is 0. The molecule has 0 spiro atoms. The predicted molar refractivity (Wildman–Crippen MR) is 99.2 cm³/mol. The fourth-order valence-electron chi connectivity index (χ4n) is 2.30. The Bertz CT molecular complexity index is 813. The zero-order valence-electron chi connectivity index (χ0n) is 12.8. The number of methoxy groups -OCH3 is 1. The minimum Gasteiger partial charge on any atom is -0.465 e. The number of benzene rings is 2. The van der Waals surface area contributed by atoms with Crippen molar-refractivity contribution in [1.29, 1.82) is 0 Å². The molecular formula is C19H13BrClNO2. The molecular weight excluding hydrogens is 390 g/mol. The average molecular weight is 403 g/mol. The van der Waals surface area contributed by atoms with Gasteiger partial charge in [0.25, 0.3) is 0 Å². The first-order valence-corrected chi connectivity index (χ1v) is 8.36. The summed E-state index contributed by atoms with van der Waals surface area (Å²) < 4.78 is 5.84. The Morgan fingerprint density at radius 3 is 1.96 bits per heavy atom. The molecule has 120 valence electrons. The number of aromatic nitrogens is 1. The van der Waals surface area contributed by atoms with Crippen molar-refractivity contribution >= 4 is 33.5 Å². The fraction of sp³-hybridized carbons (Fsp3) is 0.0526. The van der Waals surface area contributed by atoms with Gasteiger partial charge in [-0.2, -0.15) is 0 Å². The van der Waals surface area contributed by atoms with Crippen molar-refractivity contribution in [3.05, 3.63) is 75.7 Å². The number of rotatable bonds is 3. The molecule has 0 fully saturated rings. The third-order valence-corrected chi connectivity index (χ3v) is 4.31. The number of ether oxygens (including phenoxy) is 1. The third-order valence-electron chi connectivity index (χ3n) is 3.53. The van der Waals surface area contributed by atoms with E-state index in [1.165, 1.54) is 7.11 Å².